The summed E-state index contributed by atoms with van der Waals surface area (Å²) in [5, 5.41) is 11.4. The average Bonchev–Trinajstić information content (AvgIpc) is 2.55. The predicted molar refractivity (Wildman–Crippen MR) is 44.2 cm³/mol. The van der Waals surface area contributed by atoms with Crippen molar-refractivity contribution >= 4 is 11.9 Å². The quantitative estimate of drug-likeness (QED) is 0.596. The molecule has 0 aromatic carbocycles. The summed E-state index contributed by atoms with van der Waals surface area (Å²) in [7, 11) is 0. The number of hydrogen-bond acceptors (Lipinski definition) is 4. The number of nitrogens with one attached hydrogen (secondary N) is 1. The highest BCUT2D eigenvalue weighted by molar-refractivity contribution is 5.80. The van der Waals surface area contributed by atoms with E-state index in [2.05, 4.69) is 5.32 Å². The van der Waals surface area contributed by atoms with Gasteiger partial charge in [0.1, 0.15) is 6.04 Å². The highest BCUT2D eigenvalue weighted by atomic mass is 16.6. The Hall–Kier alpha value is -1.10. The smallest absolute Gasteiger partial charge is 0.344 e. The maximum atomic E-state index is 11.2. The van der Waals surface area contributed by atoms with E-state index in [0.29, 0.717) is 0 Å². The van der Waals surface area contributed by atoms with Gasteiger partial charge in [-0.15, -0.1) is 0 Å². The molecule has 0 radical (unpaired) electrons. The highest BCUT2D eigenvalue weighted by Gasteiger charge is 2.26. The Morgan fingerprint density at radius 1 is 1.62 bits per heavy atom. The molecule has 0 spiro atoms. The molecule has 1 heterocycles. The summed E-state index contributed by atoms with van der Waals surface area (Å²) in [4.78, 5) is 21.6. The normalized spacial score (nSPS) is 23.9. The zero-order valence-corrected chi connectivity index (χ0v) is 7.45. The molecular weight excluding hydrogens is 174 g/mol. The number of hydrogen-bond donors (Lipinski definition) is 2. The van der Waals surface area contributed by atoms with Crippen LogP contribution in [-0.4, -0.2) is 35.7 Å². The summed E-state index contributed by atoms with van der Waals surface area (Å²) in [6.07, 6.45) is 0.599. The number of rotatable bonds is 3. The first-order chi connectivity index (χ1) is 6.11. The summed E-state index contributed by atoms with van der Waals surface area (Å²) in [6.45, 7) is 2.14. The maximum absolute atomic E-state index is 11.2. The van der Waals surface area contributed by atoms with E-state index >= 15 is 0 Å². The van der Waals surface area contributed by atoms with E-state index in [1.165, 1.54) is 6.92 Å². The van der Waals surface area contributed by atoms with Gasteiger partial charge >= 0.3 is 11.9 Å². The van der Waals surface area contributed by atoms with E-state index in [0.717, 1.165) is 19.4 Å². The molecule has 2 unspecified atom stereocenters. The fourth-order valence-corrected chi connectivity index (χ4v) is 1.19. The van der Waals surface area contributed by atoms with Crippen molar-refractivity contribution in [3.05, 3.63) is 0 Å². The molecule has 13 heavy (non-hydrogen) atoms. The van der Waals surface area contributed by atoms with E-state index < -0.39 is 18.0 Å². The second-order valence-electron chi connectivity index (χ2n) is 3.07. The van der Waals surface area contributed by atoms with E-state index in [1.807, 2.05) is 0 Å². The number of carbonyl (C=O) groups excluding carboxylic acids is 1. The van der Waals surface area contributed by atoms with Gasteiger partial charge in [0.05, 0.1) is 0 Å². The van der Waals surface area contributed by atoms with Gasteiger partial charge in [-0.05, 0) is 26.3 Å². The minimum absolute atomic E-state index is 0.318. The molecule has 1 rings (SSSR count). The lowest BCUT2D eigenvalue weighted by Gasteiger charge is -2.12. The van der Waals surface area contributed by atoms with Crippen molar-refractivity contribution in [1.29, 1.82) is 0 Å². The van der Waals surface area contributed by atoms with Crippen LogP contribution in [0.25, 0.3) is 0 Å². The molecule has 1 aliphatic rings. The van der Waals surface area contributed by atoms with Crippen molar-refractivity contribution in [3.8, 4) is 0 Å². The molecule has 2 N–H and O–H groups in total. The van der Waals surface area contributed by atoms with Crippen LogP contribution in [0.15, 0.2) is 0 Å². The molecule has 0 amide bonds. The molecular formula is C8H13NO4. The Morgan fingerprint density at radius 2 is 2.31 bits per heavy atom. The van der Waals surface area contributed by atoms with Crippen molar-refractivity contribution in [2.24, 2.45) is 0 Å². The zero-order valence-electron chi connectivity index (χ0n) is 7.45. The molecule has 0 aliphatic carbocycles. The van der Waals surface area contributed by atoms with Gasteiger partial charge in [0, 0.05) is 0 Å². The van der Waals surface area contributed by atoms with Crippen LogP contribution in [0.2, 0.25) is 0 Å². The van der Waals surface area contributed by atoms with Crippen LogP contribution >= 0.6 is 0 Å². The second-order valence-corrected chi connectivity index (χ2v) is 3.07. The molecule has 0 bridgehead atoms. The fourth-order valence-electron chi connectivity index (χ4n) is 1.19. The van der Waals surface area contributed by atoms with Crippen LogP contribution in [0.4, 0.5) is 0 Å². The lowest BCUT2D eigenvalue weighted by molar-refractivity contribution is -0.163. The van der Waals surface area contributed by atoms with Crippen LogP contribution in [0.5, 0.6) is 0 Å². The van der Waals surface area contributed by atoms with Gasteiger partial charge in [0.15, 0.2) is 6.10 Å². The van der Waals surface area contributed by atoms with E-state index in [4.69, 9.17) is 9.84 Å². The van der Waals surface area contributed by atoms with Crippen molar-refractivity contribution in [2.45, 2.75) is 31.9 Å². The molecule has 1 saturated heterocycles. The van der Waals surface area contributed by atoms with Gasteiger partial charge < -0.3 is 15.2 Å². The Kier molecular flexibility index (Phi) is 3.25. The SMILES string of the molecule is CC(OC(=O)C1CCCN1)C(=O)O. The minimum atomic E-state index is -1.12. The first-order valence-corrected chi connectivity index (χ1v) is 4.28. The van der Waals surface area contributed by atoms with Gasteiger partial charge in [-0.2, -0.15) is 0 Å². The zero-order chi connectivity index (χ0) is 9.84. The summed E-state index contributed by atoms with van der Waals surface area (Å²) < 4.78 is 4.69. The largest absolute Gasteiger partial charge is 0.479 e. The van der Waals surface area contributed by atoms with Gasteiger partial charge in [-0.3, -0.25) is 4.79 Å². The van der Waals surface area contributed by atoms with Gasteiger partial charge in [0.25, 0.3) is 0 Å². The maximum Gasteiger partial charge on any atom is 0.344 e. The number of carboxylic acid groups (broad SMARTS) is 1. The van der Waals surface area contributed by atoms with Crippen LogP contribution in [0, 0.1) is 0 Å². The van der Waals surface area contributed by atoms with Gasteiger partial charge in [-0.1, -0.05) is 0 Å². The third-order valence-electron chi connectivity index (χ3n) is 1.99. The van der Waals surface area contributed by atoms with Crippen molar-refractivity contribution in [2.75, 3.05) is 6.54 Å². The van der Waals surface area contributed by atoms with E-state index in [-0.39, 0.29) is 6.04 Å². The summed E-state index contributed by atoms with van der Waals surface area (Å²) >= 11 is 0. The summed E-state index contributed by atoms with van der Waals surface area (Å²) in [5.74, 6) is -1.58. The standard InChI is InChI=1S/C8H13NO4/c1-5(7(10)11)13-8(12)6-3-2-4-9-6/h5-6,9H,2-4H2,1H3,(H,10,11). The molecule has 1 fully saturated rings. The molecule has 2 atom stereocenters. The van der Waals surface area contributed by atoms with Crippen molar-refractivity contribution in [3.63, 3.8) is 0 Å². The van der Waals surface area contributed by atoms with Crippen LogP contribution in [0.1, 0.15) is 19.8 Å². The highest BCUT2D eigenvalue weighted by Crippen LogP contribution is 2.07. The third kappa shape index (κ3) is 2.69. The Bertz CT molecular complexity index is 210. The summed E-state index contributed by atoms with van der Waals surface area (Å²) in [6, 6.07) is -0.318. The molecule has 74 valence electrons. The monoisotopic (exact) mass is 187 g/mol. The average molecular weight is 187 g/mol. The molecule has 0 aromatic rings. The van der Waals surface area contributed by atoms with Crippen LogP contribution in [0.3, 0.4) is 0 Å². The molecule has 5 nitrogen and oxygen atoms in total. The van der Waals surface area contributed by atoms with Gasteiger partial charge in [-0.25, -0.2) is 4.79 Å². The number of aliphatic carboxylic acids is 1. The van der Waals surface area contributed by atoms with Crippen molar-refractivity contribution < 1.29 is 19.4 Å². The third-order valence-corrected chi connectivity index (χ3v) is 1.99. The second kappa shape index (κ2) is 4.23. The Labute approximate surface area is 76.1 Å². The van der Waals surface area contributed by atoms with Gasteiger partial charge in [0.2, 0.25) is 0 Å². The molecule has 5 heteroatoms. The van der Waals surface area contributed by atoms with E-state index in [9.17, 15) is 9.59 Å². The lowest BCUT2D eigenvalue weighted by Crippen LogP contribution is -2.36. The first-order valence-electron chi connectivity index (χ1n) is 4.28. The predicted octanol–water partition coefficient (Wildman–Crippen LogP) is -0.245. The van der Waals surface area contributed by atoms with Crippen LogP contribution < -0.4 is 5.32 Å². The molecule has 0 aromatic heterocycles. The minimum Gasteiger partial charge on any atom is -0.479 e. The van der Waals surface area contributed by atoms with Crippen molar-refractivity contribution in [1.82, 2.24) is 5.32 Å². The molecule has 1 aliphatic heterocycles. The Morgan fingerprint density at radius 3 is 2.77 bits per heavy atom. The first kappa shape index (κ1) is 9.98. The van der Waals surface area contributed by atoms with Crippen LogP contribution in [-0.2, 0) is 14.3 Å². The topological polar surface area (TPSA) is 75.6 Å². The summed E-state index contributed by atoms with van der Waals surface area (Å²) in [5.41, 5.74) is 0. The number of carbonyl (C=O) groups is 2. The fraction of sp³-hybridized carbons (Fsp3) is 0.750. The van der Waals surface area contributed by atoms with E-state index in [1.54, 1.807) is 0 Å². The molecule has 0 saturated carbocycles. The number of carboxylic acids is 1. The Balaban J connectivity index is 2.35. The number of ether oxygens (including phenoxy) is 1. The lowest BCUT2D eigenvalue weighted by atomic mass is 10.2. The number of esters is 1.